The molecular formula is C21H18N2O3S. The van der Waals surface area contributed by atoms with Crippen molar-refractivity contribution in [3.63, 3.8) is 0 Å². The number of Topliss-reactive ketones (excluding diaryl/α,β-unsaturated/α-hetero) is 1. The van der Waals surface area contributed by atoms with E-state index >= 15 is 0 Å². The lowest BCUT2D eigenvalue weighted by atomic mass is 10.1. The van der Waals surface area contributed by atoms with Crippen LogP contribution in [0.2, 0.25) is 0 Å². The van der Waals surface area contributed by atoms with E-state index in [1.807, 2.05) is 73.5 Å². The van der Waals surface area contributed by atoms with E-state index in [1.54, 1.807) is 0 Å². The molecule has 0 atom stereocenters. The van der Waals surface area contributed by atoms with E-state index < -0.39 is 18.4 Å². The summed E-state index contributed by atoms with van der Waals surface area (Å²) in [6.07, 6.45) is 0.0957. The number of benzene rings is 2. The van der Waals surface area contributed by atoms with Gasteiger partial charge in [0.25, 0.3) is 0 Å². The van der Waals surface area contributed by atoms with E-state index in [4.69, 9.17) is 4.74 Å². The van der Waals surface area contributed by atoms with Gasteiger partial charge in [-0.1, -0.05) is 48.2 Å². The van der Waals surface area contributed by atoms with Gasteiger partial charge in [-0.05, 0) is 30.2 Å². The molecule has 0 radical (unpaired) electrons. The Morgan fingerprint density at radius 2 is 1.85 bits per heavy atom. The lowest BCUT2D eigenvalue weighted by Crippen LogP contribution is -2.20. The maximum atomic E-state index is 12.5. The molecule has 2 aromatic rings. The lowest BCUT2D eigenvalue weighted by molar-refractivity contribution is -0.146. The molecule has 0 amide bonds. The Kier molecular flexibility index (Phi) is 5.63. The second-order valence-corrected chi connectivity index (χ2v) is 7.14. The monoisotopic (exact) mass is 378 g/mol. The Morgan fingerprint density at radius 1 is 1.15 bits per heavy atom. The van der Waals surface area contributed by atoms with Crippen molar-refractivity contribution >= 4 is 29.2 Å². The minimum Gasteiger partial charge on any atom is -0.457 e. The summed E-state index contributed by atoms with van der Waals surface area (Å²) < 4.78 is 5.12. The van der Waals surface area contributed by atoms with E-state index in [-0.39, 0.29) is 12.0 Å². The molecule has 0 saturated carbocycles. The van der Waals surface area contributed by atoms with Crippen LogP contribution < -0.4 is 4.90 Å². The normalized spacial score (nSPS) is 14.3. The van der Waals surface area contributed by atoms with E-state index in [0.717, 1.165) is 21.7 Å². The van der Waals surface area contributed by atoms with Gasteiger partial charge in [0.1, 0.15) is 16.7 Å². The number of aryl methyl sites for hydroxylation is 1. The van der Waals surface area contributed by atoms with Crippen LogP contribution in [0.1, 0.15) is 11.1 Å². The molecule has 1 heterocycles. The van der Waals surface area contributed by atoms with Gasteiger partial charge in [-0.2, -0.15) is 5.26 Å². The molecule has 136 valence electrons. The van der Waals surface area contributed by atoms with Gasteiger partial charge < -0.3 is 9.64 Å². The molecule has 0 N–H and O–H groups in total. The number of anilines is 1. The van der Waals surface area contributed by atoms with Crippen LogP contribution in [0.5, 0.6) is 0 Å². The number of hydrogen-bond acceptors (Lipinski definition) is 6. The van der Waals surface area contributed by atoms with Crippen LogP contribution in [0.25, 0.3) is 0 Å². The van der Waals surface area contributed by atoms with Crippen molar-refractivity contribution in [2.24, 2.45) is 0 Å². The standard InChI is InChI=1S/C21H18N2O3S/c1-14-7-3-4-8-15(14)11-20(25)26-13-18(24)16(12-22)21-23(2)17-9-5-6-10-19(17)27-21/h3-10H,11,13H2,1-2H3/b21-16-. The number of rotatable bonds is 5. The molecule has 0 saturated heterocycles. The molecule has 1 aliphatic rings. The van der Waals surface area contributed by atoms with Crippen LogP contribution in [0.15, 0.2) is 64.0 Å². The number of hydrogen-bond donors (Lipinski definition) is 0. The summed E-state index contributed by atoms with van der Waals surface area (Å²) in [4.78, 5) is 27.3. The van der Waals surface area contributed by atoms with Crippen LogP contribution in [-0.2, 0) is 20.7 Å². The molecular weight excluding hydrogens is 360 g/mol. The summed E-state index contributed by atoms with van der Waals surface area (Å²) in [5.41, 5.74) is 2.79. The SMILES string of the molecule is Cc1ccccc1CC(=O)OCC(=O)/C(C#N)=C1\Sc2ccccc2N1C. The first-order chi connectivity index (χ1) is 13.0. The summed E-state index contributed by atoms with van der Waals surface area (Å²) >= 11 is 1.37. The highest BCUT2D eigenvalue weighted by atomic mass is 32.2. The van der Waals surface area contributed by atoms with Crippen LogP contribution in [0.3, 0.4) is 0 Å². The number of carbonyl (C=O) groups is 2. The van der Waals surface area contributed by atoms with Crippen molar-refractivity contribution in [2.75, 3.05) is 18.6 Å². The smallest absolute Gasteiger partial charge is 0.310 e. The zero-order valence-corrected chi connectivity index (χ0v) is 15.9. The van der Waals surface area contributed by atoms with E-state index in [0.29, 0.717) is 5.03 Å². The summed E-state index contributed by atoms with van der Waals surface area (Å²) in [5.74, 6) is -0.992. The largest absolute Gasteiger partial charge is 0.457 e. The third-order valence-corrected chi connectivity index (χ3v) is 5.54. The zero-order valence-electron chi connectivity index (χ0n) is 15.1. The van der Waals surface area contributed by atoms with E-state index in [9.17, 15) is 14.9 Å². The van der Waals surface area contributed by atoms with Gasteiger partial charge in [-0.15, -0.1) is 0 Å². The highest BCUT2D eigenvalue weighted by Crippen LogP contribution is 2.46. The van der Waals surface area contributed by atoms with Gasteiger partial charge in [-0.25, -0.2) is 0 Å². The van der Waals surface area contributed by atoms with E-state index in [1.165, 1.54) is 11.8 Å². The fourth-order valence-corrected chi connectivity index (χ4v) is 3.95. The molecule has 0 spiro atoms. The summed E-state index contributed by atoms with van der Waals surface area (Å²) in [5, 5.41) is 10.0. The molecule has 0 aromatic heterocycles. The van der Waals surface area contributed by atoms with Crippen LogP contribution in [0.4, 0.5) is 5.69 Å². The maximum absolute atomic E-state index is 12.5. The average Bonchev–Trinajstić information content (AvgIpc) is 2.99. The summed E-state index contributed by atoms with van der Waals surface area (Å²) in [6.45, 7) is 1.47. The highest BCUT2D eigenvalue weighted by Gasteiger charge is 2.28. The summed E-state index contributed by atoms with van der Waals surface area (Å²) in [7, 11) is 1.81. The molecule has 1 aliphatic heterocycles. The Bertz CT molecular complexity index is 975. The van der Waals surface area contributed by atoms with E-state index in [2.05, 4.69) is 0 Å². The molecule has 0 fully saturated rings. The number of carbonyl (C=O) groups excluding carboxylic acids is 2. The second kappa shape index (κ2) is 8.11. The Morgan fingerprint density at radius 3 is 2.56 bits per heavy atom. The van der Waals surface area contributed by atoms with Gasteiger partial charge in [-0.3, -0.25) is 9.59 Å². The van der Waals surface area contributed by atoms with Crippen LogP contribution >= 0.6 is 11.8 Å². The number of fused-ring (bicyclic) bond motifs is 1. The van der Waals surface area contributed by atoms with Gasteiger partial charge >= 0.3 is 5.97 Å². The molecule has 0 aliphatic carbocycles. The number of nitriles is 1. The Hall–Kier alpha value is -3.04. The second-order valence-electron chi connectivity index (χ2n) is 6.11. The first-order valence-electron chi connectivity index (χ1n) is 8.39. The maximum Gasteiger partial charge on any atom is 0.310 e. The number of nitrogens with zero attached hydrogens (tertiary/aromatic N) is 2. The Balaban J connectivity index is 1.67. The first kappa shape index (κ1) is 18.7. The van der Waals surface area contributed by atoms with Crippen molar-refractivity contribution in [2.45, 2.75) is 18.2 Å². The van der Waals surface area contributed by atoms with Gasteiger partial charge in [0.2, 0.25) is 5.78 Å². The lowest BCUT2D eigenvalue weighted by Gasteiger charge is -2.14. The molecule has 5 nitrogen and oxygen atoms in total. The minimum absolute atomic E-state index is 0.00221. The molecule has 0 unspecified atom stereocenters. The third-order valence-electron chi connectivity index (χ3n) is 4.30. The summed E-state index contributed by atoms with van der Waals surface area (Å²) in [6, 6.07) is 17.2. The van der Waals surface area contributed by atoms with Crippen molar-refractivity contribution < 1.29 is 14.3 Å². The van der Waals surface area contributed by atoms with Gasteiger partial charge in [0, 0.05) is 11.9 Å². The number of ketones is 1. The van der Waals surface area contributed by atoms with Gasteiger partial charge in [0.15, 0.2) is 6.61 Å². The van der Waals surface area contributed by atoms with Crippen molar-refractivity contribution in [3.8, 4) is 6.07 Å². The third kappa shape index (κ3) is 4.04. The zero-order chi connectivity index (χ0) is 19.4. The quantitative estimate of drug-likeness (QED) is 0.450. The predicted molar refractivity (Wildman–Crippen MR) is 104 cm³/mol. The first-order valence-corrected chi connectivity index (χ1v) is 9.21. The number of ether oxygens (including phenoxy) is 1. The van der Waals surface area contributed by atoms with Crippen LogP contribution in [-0.4, -0.2) is 25.4 Å². The fraction of sp³-hybridized carbons (Fsp3) is 0.190. The number of para-hydroxylation sites is 1. The average molecular weight is 378 g/mol. The van der Waals surface area contributed by atoms with Gasteiger partial charge in [0.05, 0.1) is 12.1 Å². The topological polar surface area (TPSA) is 70.4 Å². The molecule has 27 heavy (non-hydrogen) atoms. The number of thioether (sulfide) groups is 1. The minimum atomic E-state index is -0.502. The molecule has 6 heteroatoms. The van der Waals surface area contributed by atoms with Crippen LogP contribution in [0, 0.1) is 18.3 Å². The Labute approximate surface area is 162 Å². The molecule has 2 aromatic carbocycles. The predicted octanol–water partition coefficient (Wildman–Crippen LogP) is 3.63. The number of esters is 1. The fourth-order valence-electron chi connectivity index (χ4n) is 2.78. The molecule has 0 bridgehead atoms. The van der Waals surface area contributed by atoms with Crippen molar-refractivity contribution in [1.82, 2.24) is 0 Å². The van der Waals surface area contributed by atoms with Crippen molar-refractivity contribution in [3.05, 3.63) is 70.3 Å². The molecule has 3 rings (SSSR count). The van der Waals surface area contributed by atoms with Crippen molar-refractivity contribution in [1.29, 1.82) is 5.26 Å². The highest BCUT2D eigenvalue weighted by molar-refractivity contribution is 8.03.